The highest BCUT2D eigenvalue weighted by molar-refractivity contribution is 5.98. The Bertz CT molecular complexity index is 636. The Morgan fingerprint density at radius 2 is 1.70 bits per heavy atom. The minimum Gasteiger partial charge on any atom is -0.281 e. The zero-order valence-electron chi connectivity index (χ0n) is 11.5. The molecule has 4 nitrogen and oxygen atoms in total. The van der Waals surface area contributed by atoms with Gasteiger partial charge in [-0.25, -0.2) is 0 Å². The van der Waals surface area contributed by atoms with Crippen LogP contribution in [-0.4, -0.2) is 10.6 Å². The van der Waals surface area contributed by atoms with Gasteiger partial charge in [0.15, 0.2) is 0 Å². The maximum atomic E-state index is 11.0. The van der Waals surface area contributed by atoms with Crippen molar-refractivity contribution in [3.8, 4) is 0 Å². The summed E-state index contributed by atoms with van der Waals surface area (Å²) in [4.78, 5) is 15.2. The van der Waals surface area contributed by atoms with Crippen molar-refractivity contribution in [1.29, 1.82) is 0 Å². The van der Waals surface area contributed by atoms with Gasteiger partial charge >= 0.3 is 0 Å². The fourth-order valence-electron chi connectivity index (χ4n) is 2.12. The van der Waals surface area contributed by atoms with Crippen LogP contribution in [0, 0.1) is 10.1 Å². The van der Waals surface area contributed by atoms with E-state index in [0.717, 1.165) is 11.3 Å². The van der Waals surface area contributed by atoms with Gasteiger partial charge in [0.1, 0.15) is 0 Å². The maximum absolute atomic E-state index is 11.0. The van der Waals surface area contributed by atoms with Crippen LogP contribution in [0.5, 0.6) is 0 Å². The second kappa shape index (κ2) is 6.10. The SMILES string of the molecule is CC(=NC(C)c1ccccc1[N+](=O)[O-])c1ccccc1. The standard InChI is InChI=1S/C16H16N2O2/c1-12(14-8-4-3-5-9-14)17-13(2)15-10-6-7-11-16(15)18(19)20/h3-11,13H,1-2H3. The molecule has 0 aliphatic rings. The molecule has 0 saturated heterocycles. The molecule has 2 aromatic rings. The normalized spacial score (nSPS) is 13.0. The van der Waals surface area contributed by atoms with Gasteiger partial charge in [-0.2, -0.15) is 0 Å². The monoisotopic (exact) mass is 268 g/mol. The Morgan fingerprint density at radius 3 is 2.35 bits per heavy atom. The van der Waals surface area contributed by atoms with Crippen molar-refractivity contribution in [3.63, 3.8) is 0 Å². The zero-order valence-corrected chi connectivity index (χ0v) is 11.5. The summed E-state index contributed by atoms with van der Waals surface area (Å²) < 4.78 is 0. The van der Waals surface area contributed by atoms with Crippen molar-refractivity contribution in [2.45, 2.75) is 19.9 Å². The molecule has 0 bridgehead atoms. The quantitative estimate of drug-likeness (QED) is 0.475. The van der Waals surface area contributed by atoms with Crippen LogP contribution in [0.2, 0.25) is 0 Å². The van der Waals surface area contributed by atoms with Crippen LogP contribution in [0.15, 0.2) is 59.6 Å². The van der Waals surface area contributed by atoms with E-state index in [1.54, 1.807) is 18.2 Å². The molecule has 2 aromatic carbocycles. The smallest absolute Gasteiger partial charge is 0.274 e. The number of hydrogen-bond acceptors (Lipinski definition) is 3. The summed E-state index contributed by atoms with van der Waals surface area (Å²) >= 11 is 0. The molecule has 20 heavy (non-hydrogen) atoms. The lowest BCUT2D eigenvalue weighted by molar-refractivity contribution is -0.385. The lowest BCUT2D eigenvalue weighted by Crippen LogP contribution is -2.02. The van der Waals surface area contributed by atoms with Gasteiger partial charge in [-0.3, -0.25) is 15.1 Å². The van der Waals surface area contributed by atoms with Crippen LogP contribution in [0.4, 0.5) is 5.69 Å². The van der Waals surface area contributed by atoms with E-state index < -0.39 is 0 Å². The second-order valence-electron chi connectivity index (χ2n) is 4.57. The third-order valence-electron chi connectivity index (χ3n) is 3.16. The molecule has 0 radical (unpaired) electrons. The molecule has 0 saturated carbocycles. The summed E-state index contributed by atoms with van der Waals surface area (Å²) in [6.45, 7) is 3.79. The lowest BCUT2D eigenvalue weighted by atomic mass is 10.1. The number of nitro groups is 1. The van der Waals surface area contributed by atoms with Gasteiger partial charge in [0.25, 0.3) is 5.69 Å². The molecule has 102 valence electrons. The van der Waals surface area contributed by atoms with E-state index in [4.69, 9.17) is 0 Å². The molecule has 0 heterocycles. The van der Waals surface area contributed by atoms with E-state index in [2.05, 4.69) is 4.99 Å². The Hall–Kier alpha value is -2.49. The van der Waals surface area contributed by atoms with Crippen molar-refractivity contribution in [2.24, 2.45) is 4.99 Å². The first kappa shape index (κ1) is 13.9. The number of hydrogen-bond donors (Lipinski definition) is 0. The Balaban J connectivity index is 2.33. The minimum absolute atomic E-state index is 0.115. The van der Waals surface area contributed by atoms with Gasteiger partial charge in [-0.1, -0.05) is 48.5 Å². The van der Waals surface area contributed by atoms with Crippen LogP contribution < -0.4 is 0 Å². The summed E-state index contributed by atoms with van der Waals surface area (Å²) in [7, 11) is 0. The highest BCUT2D eigenvalue weighted by Gasteiger charge is 2.17. The minimum atomic E-state index is -0.362. The first-order valence-corrected chi connectivity index (χ1v) is 6.42. The fourth-order valence-corrected chi connectivity index (χ4v) is 2.12. The van der Waals surface area contributed by atoms with E-state index in [-0.39, 0.29) is 16.7 Å². The van der Waals surface area contributed by atoms with Crippen LogP contribution in [0.25, 0.3) is 0 Å². The van der Waals surface area contributed by atoms with Gasteiger partial charge in [0.2, 0.25) is 0 Å². The Kier molecular flexibility index (Phi) is 4.25. The first-order chi connectivity index (χ1) is 9.59. The van der Waals surface area contributed by atoms with Crippen molar-refractivity contribution in [3.05, 3.63) is 75.8 Å². The molecule has 0 aromatic heterocycles. The average Bonchev–Trinajstić information content (AvgIpc) is 2.48. The molecule has 4 heteroatoms. The lowest BCUT2D eigenvalue weighted by Gasteiger charge is -2.09. The van der Waals surface area contributed by atoms with Crippen LogP contribution >= 0.6 is 0 Å². The van der Waals surface area contributed by atoms with Gasteiger partial charge in [0.05, 0.1) is 16.5 Å². The van der Waals surface area contributed by atoms with E-state index >= 15 is 0 Å². The molecule has 0 amide bonds. The molecule has 0 spiro atoms. The number of aliphatic imine (C=N–C) groups is 1. The summed E-state index contributed by atoms with van der Waals surface area (Å²) in [5, 5.41) is 11.0. The first-order valence-electron chi connectivity index (χ1n) is 6.42. The maximum Gasteiger partial charge on any atom is 0.274 e. The highest BCUT2D eigenvalue weighted by atomic mass is 16.6. The molecule has 0 aliphatic heterocycles. The van der Waals surface area contributed by atoms with E-state index in [9.17, 15) is 10.1 Å². The summed E-state index contributed by atoms with van der Waals surface area (Å²) in [6, 6.07) is 16.3. The van der Waals surface area contributed by atoms with Gasteiger partial charge < -0.3 is 0 Å². The van der Waals surface area contributed by atoms with Crippen molar-refractivity contribution in [2.75, 3.05) is 0 Å². The molecular formula is C16H16N2O2. The fraction of sp³-hybridized carbons (Fsp3) is 0.188. The Morgan fingerprint density at radius 1 is 1.10 bits per heavy atom. The summed E-state index contributed by atoms with van der Waals surface area (Å²) in [5.41, 5.74) is 2.64. The van der Waals surface area contributed by atoms with Gasteiger partial charge in [-0.15, -0.1) is 0 Å². The molecule has 0 fully saturated rings. The van der Waals surface area contributed by atoms with Crippen molar-refractivity contribution < 1.29 is 4.92 Å². The topological polar surface area (TPSA) is 55.5 Å². The highest BCUT2D eigenvalue weighted by Crippen LogP contribution is 2.27. The molecule has 2 rings (SSSR count). The zero-order chi connectivity index (χ0) is 14.5. The van der Waals surface area contributed by atoms with Crippen molar-refractivity contribution in [1.82, 2.24) is 0 Å². The van der Waals surface area contributed by atoms with Crippen LogP contribution in [-0.2, 0) is 0 Å². The number of nitro benzene ring substituents is 1. The van der Waals surface area contributed by atoms with Crippen LogP contribution in [0.1, 0.15) is 31.0 Å². The number of nitrogens with zero attached hydrogens (tertiary/aromatic N) is 2. The van der Waals surface area contributed by atoms with E-state index in [1.807, 2.05) is 44.2 Å². The van der Waals surface area contributed by atoms with Gasteiger partial charge in [0, 0.05) is 11.8 Å². The largest absolute Gasteiger partial charge is 0.281 e. The average molecular weight is 268 g/mol. The predicted molar refractivity (Wildman–Crippen MR) is 80.2 cm³/mol. The predicted octanol–water partition coefficient (Wildman–Crippen LogP) is 4.17. The number of benzene rings is 2. The van der Waals surface area contributed by atoms with Crippen LogP contribution in [0.3, 0.4) is 0 Å². The number of para-hydroxylation sites is 1. The Labute approximate surface area is 117 Å². The molecular weight excluding hydrogens is 252 g/mol. The van der Waals surface area contributed by atoms with Gasteiger partial charge in [-0.05, 0) is 19.4 Å². The second-order valence-corrected chi connectivity index (χ2v) is 4.57. The summed E-state index contributed by atoms with van der Waals surface area (Å²) in [5.74, 6) is 0. The molecule has 1 unspecified atom stereocenters. The molecule has 1 atom stereocenters. The van der Waals surface area contributed by atoms with E-state index in [1.165, 1.54) is 6.07 Å². The van der Waals surface area contributed by atoms with Crippen molar-refractivity contribution >= 4 is 11.4 Å². The third-order valence-corrected chi connectivity index (χ3v) is 3.16. The third kappa shape index (κ3) is 3.09. The van der Waals surface area contributed by atoms with E-state index in [0.29, 0.717) is 5.56 Å². The molecule has 0 aliphatic carbocycles. The molecule has 0 N–H and O–H groups in total. The number of rotatable bonds is 4. The summed E-state index contributed by atoms with van der Waals surface area (Å²) in [6.07, 6.45) is 0.